The van der Waals surface area contributed by atoms with Crippen molar-refractivity contribution in [3.63, 3.8) is 0 Å². The van der Waals surface area contributed by atoms with Crippen molar-refractivity contribution >= 4 is 40.9 Å². The summed E-state index contributed by atoms with van der Waals surface area (Å²) in [6, 6.07) is 16.8. The molecule has 0 atom stereocenters. The van der Waals surface area contributed by atoms with Gasteiger partial charge in [0.2, 0.25) is 0 Å². The number of amides is 3. The summed E-state index contributed by atoms with van der Waals surface area (Å²) in [5, 5.41) is 8.01. The van der Waals surface area contributed by atoms with Gasteiger partial charge in [0, 0.05) is 53.9 Å². The number of nitrogens with zero attached hydrogens (tertiary/aromatic N) is 4. The van der Waals surface area contributed by atoms with Gasteiger partial charge in [0.05, 0.1) is 0 Å². The molecular formula is C48H60I3N7O6. The smallest absolute Gasteiger partial charge is 0.0270 e. The van der Waals surface area contributed by atoms with E-state index in [1.165, 1.54) is 22.3 Å². The molecule has 4 aromatic rings. The molecule has 0 spiro atoms. The Hall–Kier alpha value is -4.72. The number of aryl methyl sites for hydroxylation is 4. The fourth-order valence-electron chi connectivity index (χ4n) is 4.80. The fourth-order valence-corrected chi connectivity index (χ4v) is 7.45. The summed E-state index contributed by atoms with van der Waals surface area (Å²) in [5.41, 5.74) is 5.21. The Balaban J connectivity index is 0.000000436. The van der Waals surface area contributed by atoms with Gasteiger partial charge < -0.3 is 10.1 Å². The van der Waals surface area contributed by atoms with Crippen molar-refractivity contribution in [1.82, 2.24) is 25.9 Å². The first-order valence-corrected chi connectivity index (χ1v) is 26.4. The first-order chi connectivity index (χ1) is 31.4. The minimum absolute atomic E-state index is 0.119. The number of hydrogen-bond donors (Lipinski definition) is 3. The molecule has 0 aromatic carbocycles. The number of alkyl carbamates (subject to hydrolysis) is 3. The summed E-state index contributed by atoms with van der Waals surface area (Å²) in [6.45, 7) is 8.56. The summed E-state index contributed by atoms with van der Waals surface area (Å²) >= 11 is 0.895. The van der Waals surface area contributed by atoms with Crippen LogP contribution in [0.5, 0.6) is 0 Å². The van der Waals surface area contributed by atoms with Crippen LogP contribution in [-0.4, -0.2) is 67.7 Å². The van der Waals surface area contributed by atoms with Crippen LogP contribution in [0.1, 0.15) is 81.5 Å². The molecule has 0 unspecified atom stereocenters. The first-order valence-electron chi connectivity index (χ1n) is 21.2. The van der Waals surface area contributed by atoms with Crippen LogP contribution in [0.4, 0.5) is 14.4 Å². The maximum absolute atomic E-state index is 11.5. The molecule has 16 heteroatoms. The molecule has 0 radical (unpaired) electrons. The Kier molecular flexibility index (Phi) is 33.5. The quantitative estimate of drug-likeness (QED) is 0.0513. The number of carbonyl (C=O) groups excluding carboxylic acids is 3. The van der Waals surface area contributed by atoms with E-state index >= 15 is 0 Å². The topological polar surface area (TPSA) is 149 Å². The van der Waals surface area contributed by atoms with E-state index in [4.69, 9.17) is 14.2 Å². The maximum Gasteiger partial charge on any atom is 0.0270 e. The van der Waals surface area contributed by atoms with Crippen LogP contribution in [0, 0.1) is 29.5 Å². The number of unbranched alkanes of at least 4 members (excludes halogenated alkanes) is 3. The number of halogens is 3. The minimum Gasteiger partial charge on any atom is -0.265 e. The molecular weight excluding hydrogens is 1150 g/mol. The van der Waals surface area contributed by atoms with Gasteiger partial charge in [-0.25, -0.2) is 4.79 Å². The van der Waals surface area contributed by atoms with Crippen molar-refractivity contribution in [1.29, 1.82) is 0 Å². The Bertz CT molecular complexity index is 1940. The molecule has 0 fully saturated rings. The Morgan fingerprint density at radius 3 is 1.16 bits per heavy atom. The molecule has 4 heterocycles. The van der Waals surface area contributed by atoms with E-state index in [9.17, 15) is 14.4 Å². The van der Waals surface area contributed by atoms with Gasteiger partial charge in [0.25, 0.3) is 0 Å². The van der Waals surface area contributed by atoms with E-state index in [-0.39, 0.29) is 25.9 Å². The second-order valence-electron chi connectivity index (χ2n) is 13.4. The Morgan fingerprint density at radius 1 is 0.531 bits per heavy atom. The van der Waals surface area contributed by atoms with Crippen molar-refractivity contribution in [2.75, 3.05) is 39.5 Å². The number of nitrogens with one attached hydrogen (secondary N) is 3. The zero-order chi connectivity index (χ0) is 46.1. The van der Waals surface area contributed by atoms with Crippen LogP contribution < -0.4 is 64.5 Å². The second-order valence-corrected chi connectivity index (χ2v) is 18.2. The molecule has 13 nitrogen and oxygen atoms in total. The summed E-state index contributed by atoms with van der Waals surface area (Å²) in [6.07, 6.45) is 24.5. The first kappa shape index (κ1) is 55.4. The summed E-state index contributed by atoms with van der Waals surface area (Å²) in [5.74, 6) is 8.46. The predicted molar refractivity (Wildman–Crippen MR) is 247 cm³/mol. The van der Waals surface area contributed by atoms with Crippen LogP contribution in [0.2, 0.25) is 0 Å². The zero-order valence-corrected chi connectivity index (χ0v) is 43.4. The van der Waals surface area contributed by atoms with E-state index in [0.29, 0.717) is 19.6 Å². The fraction of sp³-hybridized carbons (Fsp3) is 0.396. The minimum atomic E-state index is -0.501. The molecule has 4 aromatic heterocycles. The maximum atomic E-state index is 11.5. The van der Waals surface area contributed by atoms with Crippen molar-refractivity contribution in [2.24, 2.45) is 0 Å². The Labute approximate surface area is 414 Å². The van der Waals surface area contributed by atoms with E-state index in [0.717, 1.165) is 64.2 Å². The average Bonchev–Trinajstić information content (AvgIpc) is 3.32. The van der Waals surface area contributed by atoms with Crippen LogP contribution in [0.15, 0.2) is 98.1 Å². The van der Waals surface area contributed by atoms with Gasteiger partial charge in [-0.15, -0.1) is 0 Å². The number of carbonyl (C=O) groups is 3. The molecule has 0 aliphatic heterocycles. The molecule has 344 valence electrons. The Morgan fingerprint density at radius 2 is 0.844 bits per heavy atom. The molecule has 0 saturated carbocycles. The van der Waals surface area contributed by atoms with Crippen molar-refractivity contribution in [3.05, 3.63) is 120 Å². The molecule has 0 aliphatic rings. The summed E-state index contributed by atoms with van der Waals surface area (Å²) in [4.78, 5) is 41.7. The van der Waals surface area contributed by atoms with Gasteiger partial charge in [0.1, 0.15) is 0 Å². The van der Waals surface area contributed by atoms with Crippen LogP contribution >= 0.6 is 22.6 Å². The molecule has 4 rings (SSSR count). The summed E-state index contributed by atoms with van der Waals surface area (Å²) in [7, 11) is 0. The average molecular weight is 1210 g/mol. The van der Waals surface area contributed by atoms with Crippen molar-refractivity contribution in [3.8, 4) is 29.5 Å². The van der Waals surface area contributed by atoms with Gasteiger partial charge >= 0.3 is 255 Å². The van der Waals surface area contributed by atoms with E-state index in [2.05, 4.69) is 155 Å². The third-order valence-corrected chi connectivity index (χ3v) is 12.4. The van der Waals surface area contributed by atoms with Gasteiger partial charge in [0.15, 0.2) is 6.61 Å². The number of rotatable bonds is 20. The number of pyridine rings is 4. The van der Waals surface area contributed by atoms with E-state index in [1.807, 2.05) is 47.4 Å². The predicted octanol–water partition coefficient (Wildman–Crippen LogP) is 0.896. The van der Waals surface area contributed by atoms with E-state index in [1.54, 1.807) is 0 Å². The largest absolute Gasteiger partial charge is 0.265 e. The van der Waals surface area contributed by atoms with Gasteiger partial charge in [-0.1, -0.05) is 19.3 Å². The molecule has 3 N–H and O–H groups in total. The van der Waals surface area contributed by atoms with E-state index < -0.39 is 55.1 Å². The molecule has 0 saturated heterocycles. The monoisotopic (exact) mass is 1210 g/mol. The van der Waals surface area contributed by atoms with Crippen LogP contribution in [0.3, 0.4) is 0 Å². The molecule has 0 bridgehead atoms. The third-order valence-electron chi connectivity index (χ3n) is 8.33. The zero-order valence-electron chi connectivity index (χ0n) is 36.9. The van der Waals surface area contributed by atoms with Gasteiger partial charge in [-0.2, -0.15) is 0 Å². The van der Waals surface area contributed by atoms with Crippen molar-refractivity contribution in [2.45, 2.75) is 85.0 Å². The van der Waals surface area contributed by atoms with Crippen LogP contribution in [0.25, 0.3) is 0 Å². The normalized spacial score (nSPS) is 9.69. The SMILES string of the molecule is CCCCNC(=O)OCC#CI.CCCCNC(=O)OCC#C[I-][n+]1ccc(CCc2cc[n+]([I-]C#CCOC(=O)NCCCC)cc2)cc1.c1cc(CCc2ccncc2)ccn1. The molecule has 64 heavy (non-hydrogen) atoms. The van der Waals surface area contributed by atoms with Crippen LogP contribution in [-0.2, 0) is 39.9 Å². The third kappa shape index (κ3) is 30.4. The number of hydrogen-bond acceptors (Lipinski definition) is 8. The second kappa shape index (κ2) is 38.7. The van der Waals surface area contributed by atoms with Crippen molar-refractivity contribution < 1.29 is 77.1 Å². The molecule has 0 aliphatic carbocycles. The van der Waals surface area contributed by atoms with Gasteiger partial charge in [-0.05, 0) is 58.6 Å². The number of ether oxygens (including phenoxy) is 3. The summed E-state index contributed by atoms with van der Waals surface area (Å²) < 4.78 is 27.8. The molecule has 3 amide bonds. The standard InChI is InChI=1S/C28H36I2N4O4.C12H12N2.C8H12INO2/c1-3-5-17-31-27(35)37-23-7-15-29-33-19-11-25(12-20-33)9-10-26-13-21-34(22-14-26)30-16-8-24-38-28(36)32-18-6-4-2;1(11-3-7-13-8-4-11)2-12-5-9-14-10-6-12;1-2-3-6-10-8(11)12-7-4-5-9/h11-14,19-22H,3-6,9-10,17-18,23-24H2,1-2H3,(H,31,35)(H,32,36);3-10H,1-2H2;2-3,6-7H2,1H3,(H,10,11). The van der Waals surface area contributed by atoms with Gasteiger partial charge in [-0.3, -0.25) is 9.97 Å². The number of aromatic nitrogens is 4.